The lowest BCUT2D eigenvalue weighted by Crippen LogP contribution is -2.02. The maximum Gasteiger partial charge on any atom is 0.148 e. The van der Waals surface area contributed by atoms with E-state index in [1.54, 1.807) is 19.1 Å². The van der Waals surface area contributed by atoms with Gasteiger partial charge in [0, 0.05) is 12.5 Å². The van der Waals surface area contributed by atoms with Crippen molar-refractivity contribution in [3.63, 3.8) is 0 Å². The third-order valence-corrected chi connectivity index (χ3v) is 2.57. The first-order valence-electron chi connectivity index (χ1n) is 5.64. The van der Waals surface area contributed by atoms with E-state index in [0.717, 1.165) is 5.56 Å². The predicted octanol–water partition coefficient (Wildman–Crippen LogP) is 3.29. The lowest BCUT2D eigenvalue weighted by molar-refractivity contribution is 0.318. The van der Waals surface area contributed by atoms with Crippen LogP contribution in [-0.2, 0) is 6.42 Å². The quantitative estimate of drug-likeness (QED) is 0.829. The van der Waals surface area contributed by atoms with Crippen molar-refractivity contribution in [2.45, 2.75) is 13.3 Å². The summed E-state index contributed by atoms with van der Waals surface area (Å²) in [6.45, 7) is 1.99. The Labute approximate surface area is 104 Å². The van der Waals surface area contributed by atoms with Crippen molar-refractivity contribution in [3.8, 4) is 5.75 Å². The second-order valence-electron chi connectivity index (χ2n) is 3.96. The Morgan fingerprint density at radius 3 is 2.56 bits per heavy atom. The van der Waals surface area contributed by atoms with Gasteiger partial charge in [-0.05, 0) is 24.6 Å². The van der Waals surface area contributed by atoms with E-state index in [0.29, 0.717) is 24.5 Å². The van der Waals surface area contributed by atoms with Crippen molar-refractivity contribution >= 4 is 0 Å². The minimum Gasteiger partial charge on any atom is -0.492 e. The van der Waals surface area contributed by atoms with Gasteiger partial charge in [0.2, 0.25) is 0 Å². The molecule has 0 saturated heterocycles. The second-order valence-corrected chi connectivity index (χ2v) is 3.96. The molecule has 0 aliphatic heterocycles. The number of hydrogen-bond acceptors (Lipinski definition) is 2. The third-order valence-electron chi connectivity index (χ3n) is 2.57. The lowest BCUT2D eigenvalue weighted by atomic mass is 10.2. The zero-order valence-corrected chi connectivity index (χ0v) is 9.99. The van der Waals surface area contributed by atoms with Crippen LogP contribution in [0.5, 0.6) is 5.75 Å². The average molecular weight is 249 g/mol. The molecule has 2 nitrogen and oxygen atoms in total. The molecule has 1 aromatic carbocycles. The van der Waals surface area contributed by atoms with Crippen LogP contribution < -0.4 is 4.74 Å². The lowest BCUT2D eigenvalue weighted by Gasteiger charge is -2.06. The molecular weight excluding hydrogens is 236 g/mol. The molecule has 2 rings (SSSR count). The first-order valence-corrected chi connectivity index (χ1v) is 5.64. The first kappa shape index (κ1) is 12.5. The Balaban J connectivity index is 1.88. The highest BCUT2D eigenvalue weighted by Crippen LogP contribution is 2.13. The molecular formula is C14H13F2NO. The molecule has 0 spiro atoms. The maximum atomic E-state index is 13.2. The summed E-state index contributed by atoms with van der Waals surface area (Å²) in [5.41, 5.74) is 1.32. The van der Waals surface area contributed by atoms with Gasteiger partial charge in [0.25, 0.3) is 0 Å². The van der Waals surface area contributed by atoms with Gasteiger partial charge in [-0.3, -0.25) is 4.98 Å². The maximum absolute atomic E-state index is 13.2. The highest BCUT2D eigenvalue weighted by molar-refractivity contribution is 5.21. The molecule has 4 heteroatoms. The summed E-state index contributed by atoms with van der Waals surface area (Å²) in [4.78, 5) is 3.87. The first-order chi connectivity index (χ1) is 8.65. The van der Waals surface area contributed by atoms with E-state index in [9.17, 15) is 8.78 Å². The smallest absolute Gasteiger partial charge is 0.148 e. The van der Waals surface area contributed by atoms with E-state index in [1.807, 2.05) is 0 Å². The van der Waals surface area contributed by atoms with E-state index in [-0.39, 0.29) is 11.6 Å². The van der Waals surface area contributed by atoms with Crippen molar-refractivity contribution in [2.24, 2.45) is 0 Å². The number of aromatic nitrogens is 1. The zero-order valence-electron chi connectivity index (χ0n) is 9.99. The largest absolute Gasteiger partial charge is 0.492 e. The van der Waals surface area contributed by atoms with Gasteiger partial charge in [-0.1, -0.05) is 12.1 Å². The number of nitrogens with zero attached hydrogens (tertiary/aromatic N) is 1. The van der Waals surface area contributed by atoms with Crippen LogP contribution in [-0.4, -0.2) is 11.6 Å². The van der Waals surface area contributed by atoms with Gasteiger partial charge in [-0.25, -0.2) is 8.78 Å². The summed E-state index contributed by atoms with van der Waals surface area (Å²) in [5, 5.41) is 0. The normalized spacial score (nSPS) is 10.4. The molecule has 0 radical (unpaired) electrons. The summed E-state index contributed by atoms with van der Waals surface area (Å²) in [5.74, 6) is -0.237. The van der Waals surface area contributed by atoms with Crippen LogP contribution in [0.15, 0.2) is 36.5 Å². The van der Waals surface area contributed by atoms with Crippen molar-refractivity contribution in [1.29, 1.82) is 0 Å². The van der Waals surface area contributed by atoms with Gasteiger partial charge in [0.15, 0.2) is 0 Å². The standard InChI is InChI=1S/C14H13F2NO/c1-10-14(16)8-13(9-17-10)18-7-6-11-2-4-12(15)5-3-11/h2-5,8-9H,6-7H2,1H3. The number of hydrogen-bond donors (Lipinski definition) is 0. The zero-order chi connectivity index (χ0) is 13.0. The number of rotatable bonds is 4. The van der Waals surface area contributed by atoms with E-state index >= 15 is 0 Å². The van der Waals surface area contributed by atoms with Crippen LogP contribution in [0.3, 0.4) is 0 Å². The average Bonchev–Trinajstić information content (AvgIpc) is 2.36. The number of halogens is 2. The molecule has 94 valence electrons. The minimum atomic E-state index is -0.380. The van der Waals surface area contributed by atoms with Crippen molar-refractivity contribution < 1.29 is 13.5 Å². The molecule has 0 atom stereocenters. The van der Waals surface area contributed by atoms with Crippen LogP contribution in [0.2, 0.25) is 0 Å². The molecule has 0 aliphatic carbocycles. The Morgan fingerprint density at radius 1 is 1.17 bits per heavy atom. The monoisotopic (exact) mass is 249 g/mol. The third kappa shape index (κ3) is 3.26. The summed E-state index contributed by atoms with van der Waals surface area (Å²) < 4.78 is 31.2. The highest BCUT2D eigenvalue weighted by atomic mass is 19.1. The van der Waals surface area contributed by atoms with Crippen LogP contribution in [0.1, 0.15) is 11.3 Å². The van der Waals surface area contributed by atoms with Gasteiger partial charge in [0.1, 0.15) is 17.4 Å². The molecule has 0 aliphatic rings. The van der Waals surface area contributed by atoms with Crippen LogP contribution in [0.25, 0.3) is 0 Å². The molecule has 1 aromatic heterocycles. The van der Waals surface area contributed by atoms with E-state index in [4.69, 9.17) is 4.74 Å². The van der Waals surface area contributed by atoms with Crippen molar-refractivity contribution in [2.75, 3.05) is 6.61 Å². The van der Waals surface area contributed by atoms with Gasteiger partial charge in [-0.15, -0.1) is 0 Å². The molecule has 1 heterocycles. The summed E-state index contributed by atoms with van der Waals surface area (Å²) in [7, 11) is 0. The second kappa shape index (κ2) is 5.58. The van der Waals surface area contributed by atoms with Crippen LogP contribution in [0, 0.1) is 18.6 Å². The van der Waals surface area contributed by atoms with Gasteiger partial charge in [-0.2, -0.15) is 0 Å². The molecule has 0 unspecified atom stereocenters. The van der Waals surface area contributed by atoms with E-state index < -0.39 is 0 Å². The Bertz CT molecular complexity index is 526. The van der Waals surface area contributed by atoms with Gasteiger partial charge >= 0.3 is 0 Å². The van der Waals surface area contributed by atoms with Crippen molar-refractivity contribution in [1.82, 2.24) is 4.98 Å². The fourth-order valence-electron chi connectivity index (χ4n) is 1.51. The predicted molar refractivity (Wildman–Crippen MR) is 64.5 cm³/mol. The Hall–Kier alpha value is -1.97. The molecule has 0 saturated carbocycles. The van der Waals surface area contributed by atoms with Gasteiger partial charge < -0.3 is 4.74 Å². The fraction of sp³-hybridized carbons (Fsp3) is 0.214. The van der Waals surface area contributed by atoms with Crippen LogP contribution in [0.4, 0.5) is 8.78 Å². The molecule has 0 fully saturated rings. The van der Waals surface area contributed by atoms with E-state index in [1.165, 1.54) is 24.4 Å². The van der Waals surface area contributed by atoms with Gasteiger partial charge in [0.05, 0.1) is 18.5 Å². The summed E-state index contributed by atoms with van der Waals surface area (Å²) >= 11 is 0. The molecule has 0 N–H and O–H groups in total. The van der Waals surface area contributed by atoms with E-state index in [2.05, 4.69) is 4.98 Å². The van der Waals surface area contributed by atoms with Crippen molar-refractivity contribution in [3.05, 3.63) is 59.4 Å². The molecule has 18 heavy (non-hydrogen) atoms. The summed E-state index contributed by atoms with van der Waals surface area (Å²) in [6.07, 6.45) is 2.12. The number of benzene rings is 1. The Kier molecular flexibility index (Phi) is 3.87. The molecule has 0 bridgehead atoms. The summed E-state index contributed by atoms with van der Waals surface area (Å²) in [6, 6.07) is 7.52. The fourth-order valence-corrected chi connectivity index (χ4v) is 1.51. The topological polar surface area (TPSA) is 22.1 Å². The number of ether oxygens (including phenoxy) is 1. The molecule has 0 amide bonds. The van der Waals surface area contributed by atoms with Crippen LogP contribution >= 0.6 is 0 Å². The number of pyridine rings is 1. The minimum absolute atomic E-state index is 0.260. The molecule has 2 aromatic rings. The number of aryl methyl sites for hydroxylation is 1. The highest BCUT2D eigenvalue weighted by Gasteiger charge is 2.02. The Morgan fingerprint density at radius 2 is 1.89 bits per heavy atom. The SMILES string of the molecule is Cc1ncc(OCCc2ccc(F)cc2)cc1F.